The van der Waals surface area contributed by atoms with Crippen LogP contribution in [-0.2, 0) is 28.8 Å². The van der Waals surface area contributed by atoms with E-state index in [9.17, 15) is 22.8 Å². The highest BCUT2D eigenvalue weighted by atomic mass is 19.4. The first-order valence-corrected chi connectivity index (χ1v) is 13.7. The lowest BCUT2D eigenvalue weighted by Gasteiger charge is -2.30. The molecule has 1 aromatic heterocycles. The minimum Gasteiger partial charge on any atom is -0.467 e. The van der Waals surface area contributed by atoms with Crippen LogP contribution in [0.5, 0.6) is 11.5 Å². The Bertz CT molecular complexity index is 1360. The zero-order valence-corrected chi connectivity index (χ0v) is 23.0. The summed E-state index contributed by atoms with van der Waals surface area (Å²) in [5.74, 6) is 0.712. The van der Waals surface area contributed by atoms with Crippen molar-refractivity contribution >= 4 is 11.8 Å². The molecule has 9 nitrogen and oxygen atoms in total. The molecule has 2 aromatic carbocycles. The molecular formula is C30H32F3N3O6. The number of ether oxygens (including phenoxy) is 3. The van der Waals surface area contributed by atoms with Crippen molar-refractivity contribution in [3.05, 3.63) is 83.3 Å². The summed E-state index contributed by atoms with van der Waals surface area (Å²) in [6.45, 7) is 3.73. The fourth-order valence-electron chi connectivity index (χ4n) is 4.92. The summed E-state index contributed by atoms with van der Waals surface area (Å²) in [5, 5.41) is 0. The Hall–Kier alpha value is -4.03. The van der Waals surface area contributed by atoms with Gasteiger partial charge >= 0.3 is 6.18 Å². The SMILES string of the molecule is O=C(CN(CCCN1CCOCC1)C(=O)c1cccc(C(F)(F)F)c1)N(Cc1ccc2c(c1)OCO2)Cc1ccco1. The van der Waals surface area contributed by atoms with Crippen molar-refractivity contribution < 1.29 is 41.4 Å². The number of nitrogens with zero attached hydrogens (tertiary/aromatic N) is 3. The average molecular weight is 588 g/mol. The molecule has 0 radical (unpaired) electrons. The van der Waals surface area contributed by atoms with Crippen molar-refractivity contribution in [2.45, 2.75) is 25.7 Å². The van der Waals surface area contributed by atoms with E-state index >= 15 is 0 Å². The van der Waals surface area contributed by atoms with E-state index in [0.29, 0.717) is 43.4 Å². The zero-order valence-electron chi connectivity index (χ0n) is 23.0. The molecule has 1 fully saturated rings. The van der Waals surface area contributed by atoms with Crippen LogP contribution in [0.3, 0.4) is 0 Å². The van der Waals surface area contributed by atoms with E-state index in [1.165, 1.54) is 23.3 Å². The lowest BCUT2D eigenvalue weighted by Crippen LogP contribution is -2.44. The summed E-state index contributed by atoms with van der Waals surface area (Å²) < 4.78 is 61.9. The van der Waals surface area contributed by atoms with Gasteiger partial charge in [0.25, 0.3) is 5.91 Å². The van der Waals surface area contributed by atoms with Crippen LogP contribution < -0.4 is 9.47 Å². The molecule has 2 aliphatic rings. The van der Waals surface area contributed by atoms with Gasteiger partial charge in [-0.15, -0.1) is 0 Å². The molecule has 0 N–H and O–H groups in total. The molecule has 0 atom stereocenters. The Labute approximate surface area is 241 Å². The third-order valence-corrected chi connectivity index (χ3v) is 7.15. The Kier molecular flexibility index (Phi) is 9.33. The second-order valence-corrected chi connectivity index (χ2v) is 10.1. The molecule has 2 amide bonds. The van der Waals surface area contributed by atoms with Gasteiger partial charge in [-0.25, -0.2) is 0 Å². The van der Waals surface area contributed by atoms with Crippen LogP contribution in [0.4, 0.5) is 13.2 Å². The molecule has 5 rings (SSSR count). The smallest absolute Gasteiger partial charge is 0.416 e. The van der Waals surface area contributed by atoms with Crippen molar-refractivity contribution in [3.8, 4) is 11.5 Å². The lowest BCUT2D eigenvalue weighted by molar-refractivity contribution is -0.137. The molecular weight excluding hydrogens is 555 g/mol. The van der Waals surface area contributed by atoms with Gasteiger partial charge in [-0.1, -0.05) is 12.1 Å². The van der Waals surface area contributed by atoms with Gasteiger partial charge in [-0.2, -0.15) is 13.2 Å². The highest BCUT2D eigenvalue weighted by Crippen LogP contribution is 2.33. The molecule has 1 saturated heterocycles. The number of benzene rings is 2. The van der Waals surface area contributed by atoms with Gasteiger partial charge in [-0.3, -0.25) is 14.5 Å². The van der Waals surface area contributed by atoms with E-state index in [1.54, 1.807) is 29.2 Å². The fourth-order valence-corrected chi connectivity index (χ4v) is 4.92. The highest BCUT2D eigenvalue weighted by molar-refractivity contribution is 5.96. The van der Waals surface area contributed by atoms with Gasteiger partial charge in [0.1, 0.15) is 12.3 Å². The van der Waals surface area contributed by atoms with E-state index in [4.69, 9.17) is 18.6 Å². The third kappa shape index (κ3) is 7.62. The summed E-state index contributed by atoms with van der Waals surface area (Å²) >= 11 is 0. The Morgan fingerprint density at radius 3 is 2.48 bits per heavy atom. The number of fused-ring (bicyclic) bond motifs is 1. The first kappa shape index (κ1) is 29.5. The van der Waals surface area contributed by atoms with Crippen LogP contribution in [-0.4, -0.2) is 79.2 Å². The predicted octanol–water partition coefficient (Wildman–Crippen LogP) is 4.42. The topological polar surface area (TPSA) is 84.7 Å². The molecule has 3 heterocycles. The molecule has 0 unspecified atom stereocenters. The standard InChI is InChI=1S/C30H32F3N3O6/c31-30(32,33)24-5-1-4-23(17-24)29(38)35(10-3-9-34-11-14-39-15-12-34)20-28(37)36(19-25-6-2-13-40-25)18-22-7-8-26-27(16-22)42-21-41-26/h1-2,4-8,13,16-17H,3,9-12,14-15,18-21H2. The molecule has 42 heavy (non-hydrogen) atoms. The monoisotopic (exact) mass is 587 g/mol. The van der Waals surface area contributed by atoms with Gasteiger partial charge in [-0.05, 0) is 54.4 Å². The van der Waals surface area contributed by atoms with Crippen molar-refractivity contribution in [1.82, 2.24) is 14.7 Å². The molecule has 12 heteroatoms. The summed E-state index contributed by atoms with van der Waals surface area (Å²) in [6.07, 6.45) is -2.55. The number of furan rings is 1. The van der Waals surface area contributed by atoms with E-state index < -0.39 is 17.6 Å². The van der Waals surface area contributed by atoms with Crippen molar-refractivity contribution in [1.29, 1.82) is 0 Å². The second-order valence-electron chi connectivity index (χ2n) is 10.1. The van der Waals surface area contributed by atoms with Gasteiger partial charge in [0.2, 0.25) is 12.7 Å². The normalized spacial score (nSPS) is 15.0. The summed E-state index contributed by atoms with van der Waals surface area (Å²) in [4.78, 5) is 32.4. The molecule has 0 saturated carbocycles. The molecule has 2 aliphatic heterocycles. The van der Waals surface area contributed by atoms with Crippen LogP contribution in [0, 0.1) is 0 Å². The predicted molar refractivity (Wildman–Crippen MR) is 145 cm³/mol. The van der Waals surface area contributed by atoms with Crippen LogP contribution in [0.15, 0.2) is 65.3 Å². The molecule has 3 aromatic rings. The Morgan fingerprint density at radius 1 is 0.905 bits per heavy atom. The largest absolute Gasteiger partial charge is 0.467 e. The maximum absolute atomic E-state index is 13.8. The van der Waals surface area contributed by atoms with Crippen LogP contribution in [0.2, 0.25) is 0 Å². The van der Waals surface area contributed by atoms with Crippen molar-refractivity contribution in [2.24, 2.45) is 0 Å². The zero-order chi connectivity index (χ0) is 29.5. The summed E-state index contributed by atoms with van der Waals surface area (Å²) in [6, 6.07) is 13.1. The fraction of sp³-hybridized carbons (Fsp3) is 0.400. The number of halogens is 3. The van der Waals surface area contributed by atoms with Crippen molar-refractivity contribution in [3.63, 3.8) is 0 Å². The quantitative estimate of drug-likeness (QED) is 0.329. The first-order chi connectivity index (χ1) is 20.3. The van der Waals surface area contributed by atoms with Crippen LogP contribution >= 0.6 is 0 Å². The van der Waals surface area contributed by atoms with Gasteiger partial charge in [0.15, 0.2) is 11.5 Å². The highest BCUT2D eigenvalue weighted by Gasteiger charge is 2.32. The van der Waals surface area contributed by atoms with E-state index in [2.05, 4.69) is 4.90 Å². The second kappa shape index (κ2) is 13.3. The van der Waals surface area contributed by atoms with E-state index in [1.807, 2.05) is 6.07 Å². The number of amides is 2. The molecule has 0 aliphatic carbocycles. The Balaban J connectivity index is 1.35. The van der Waals surface area contributed by atoms with Gasteiger partial charge < -0.3 is 28.4 Å². The summed E-state index contributed by atoms with van der Waals surface area (Å²) in [5.41, 5.74) is -0.269. The lowest BCUT2D eigenvalue weighted by atomic mass is 10.1. The number of morpholine rings is 1. The van der Waals surface area contributed by atoms with Gasteiger partial charge in [0, 0.05) is 38.3 Å². The van der Waals surface area contributed by atoms with Gasteiger partial charge in [0.05, 0.1) is 31.6 Å². The third-order valence-electron chi connectivity index (χ3n) is 7.15. The number of alkyl halides is 3. The average Bonchev–Trinajstić information content (AvgIpc) is 3.68. The van der Waals surface area contributed by atoms with Crippen molar-refractivity contribution in [2.75, 3.05) is 52.7 Å². The minimum absolute atomic E-state index is 0.116. The van der Waals surface area contributed by atoms with E-state index in [-0.39, 0.29) is 44.4 Å². The molecule has 0 bridgehead atoms. The first-order valence-electron chi connectivity index (χ1n) is 13.7. The maximum atomic E-state index is 13.8. The number of hydrogen-bond acceptors (Lipinski definition) is 7. The number of carbonyl (C=O) groups is 2. The Morgan fingerprint density at radius 2 is 1.71 bits per heavy atom. The maximum Gasteiger partial charge on any atom is 0.416 e. The molecule has 0 spiro atoms. The number of rotatable bonds is 11. The van der Waals surface area contributed by atoms with Crippen LogP contribution in [0.25, 0.3) is 0 Å². The minimum atomic E-state index is -4.60. The molecule has 224 valence electrons. The number of carbonyl (C=O) groups excluding carboxylic acids is 2. The number of hydrogen-bond donors (Lipinski definition) is 0. The van der Waals surface area contributed by atoms with E-state index in [0.717, 1.165) is 30.8 Å². The van der Waals surface area contributed by atoms with Crippen LogP contribution in [0.1, 0.15) is 33.7 Å². The summed E-state index contributed by atoms with van der Waals surface area (Å²) in [7, 11) is 0.